The molecule has 19 heavy (non-hydrogen) atoms. The fraction of sp³-hybridized carbons (Fsp3) is 0.769. The Morgan fingerprint density at radius 2 is 1.58 bits per heavy atom. The van der Waals surface area contributed by atoms with Crippen molar-refractivity contribution in [3.05, 3.63) is 0 Å². The van der Waals surface area contributed by atoms with Gasteiger partial charge in [-0.2, -0.15) is 0 Å². The Morgan fingerprint density at radius 3 is 1.95 bits per heavy atom. The first-order valence-electron chi connectivity index (χ1n) is 6.73. The van der Waals surface area contributed by atoms with Gasteiger partial charge in [-0.1, -0.05) is 38.9 Å². The molecule has 6 heteroatoms. The molecule has 0 saturated carbocycles. The molecule has 2 amide bonds. The van der Waals surface area contributed by atoms with Gasteiger partial charge < -0.3 is 16.4 Å². The lowest BCUT2D eigenvalue weighted by atomic mass is 9.78. The van der Waals surface area contributed by atoms with Crippen LogP contribution in [0.4, 0.5) is 0 Å². The van der Waals surface area contributed by atoms with Gasteiger partial charge in [-0.05, 0) is 12.8 Å². The lowest BCUT2D eigenvalue weighted by Gasteiger charge is -2.31. The van der Waals surface area contributed by atoms with Gasteiger partial charge in [0.05, 0.1) is 10.4 Å². The van der Waals surface area contributed by atoms with E-state index in [0.717, 1.165) is 12.8 Å². The van der Waals surface area contributed by atoms with Crippen LogP contribution in [-0.2, 0) is 9.59 Å². The van der Waals surface area contributed by atoms with Gasteiger partial charge in [0.2, 0.25) is 11.8 Å². The molecule has 0 aliphatic carbocycles. The van der Waals surface area contributed by atoms with Crippen molar-refractivity contribution >= 4 is 29.0 Å². The topological polar surface area (TPSA) is 84.2 Å². The maximum absolute atomic E-state index is 12.3. The zero-order valence-electron chi connectivity index (χ0n) is 12.0. The van der Waals surface area contributed by atoms with E-state index in [1.807, 2.05) is 13.8 Å². The number of hydrogen-bond acceptors (Lipinski definition) is 3. The number of nitrogens with two attached hydrogens (primary N) is 1. The molecule has 0 spiro atoms. The molecule has 5 nitrogen and oxygen atoms in total. The van der Waals surface area contributed by atoms with E-state index in [9.17, 15) is 9.59 Å². The average molecular weight is 287 g/mol. The van der Waals surface area contributed by atoms with E-state index >= 15 is 0 Å². The van der Waals surface area contributed by atoms with Gasteiger partial charge in [-0.3, -0.25) is 9.59 Å². The highest BCUT2D eigenvalue weighted by atomic mass is 32.1. The number of rotatable bonds is 9. The molecule has 0 bridgehead atoms. The molecule has 0 atom stereocenters. The summed E-state index contributed by atoms with van der Waals surface area (Å²) in [5.41, 5.74) is 5.04. The minimum Gasteiger partial charge on any atom is -0.392 e. The van der Waals surface area contributed by atoms with E-state index in [1.165, 1.54) is 6.92 Å². The Balaban J connectivity index is 4.61. The second-order valence-corrected chi connectivity index (χ2v) is 5.13. The lowest BCUT2D eigenvalue weighted by molar-refractivity contribution is -0.128. The second-order valence-electron chi connectivity index (χ2n) is 4.69. The summed E-state index contributed by atoms with van der Waals surface area (Å²) in [6, 6.07) is 0. The van der Waals surface area contributed by atoms with Crippen LogP contribution < -0.4 is 16.4 Å². The van der Waals surface area contributed by atoms with Gasteiger partial charge >= 0.3 is 0 Å². The summed E-state index contributed by atoms with van der Waals surface area (Å²) in [7, 11) is 0. The SMILES string of the molecule is CCCC(CCC)(C(=O)NCCNC(C)=O)C(N)=S. The third kappa shape index (κ3) is 5.55. The fourth-order valence-corrected chi connectivity index (χ4v) is 2.44. The first-order chi connectivity index (χ1) is 8.90. The number of thiocarbonyl (C=S) groups is 1. The summed E-state index contributed by atoms with van der Waals surface area (Å²) >= 11 is 5.10. The van der Waals surface area contributed by atoms with Gasteiger partial charge in [0, 0.05) is 20.0 Å². The molecule has 0 aromatic heterocycles. The van der Waals surface area contributed by atoms with Crippen molar-refractivity contribution in [3.8, 4) is 0 Å². The highest BCUT2D eigenvalue weighted by Crippen LogP contribution is 2.30. The summed E-state index contributed by atoms with van der Waals surface area (Å²) in [4.78, 5) is 23.3. The van der Waals surface area contributed by atoms with Gasteiger partial charge in [0.15, 0.2) is 0 Å². The molecule has 0 aliphatic rings. The normalized spacial score (nSPS) is 10.9. The Bertz CT molecular complexity index is 326. The Hall–Kier alpha value is -1.17. The Labute approximate surface area is 120 Å². The van der Waals surface area contributed by atoms with Gasteiger partial charge in [-0.15, -0.1) is 0 Å². The number of amides is 2. The maximum atomic E-state index is 12.3. The molecule has 0 saturated heterocycles. The van der Waals surface area contributed by atoms with E-state index in [4.69, 9.17) is 18.0 Å². The van der Waals surface area contributed by atoms with E-state index in [-0.39, 0.29) is 16.8 Å². The highest BCUT2D eigenvalue weighted by molar-refractivity contribution is 7.80. The second kappa shape index (κ2) is 8.85. The third-order valence-corrected chi connectivity index (χ3v) is 3.44. The predicted molar refractivity (Wildman–Crippen MR) is 80.7 cm³/mol. The quantitative estimate of drug-likeness (QED) is 0.438. The molecule has 0 fully saturated rings. The molecule has 0 unspecified atom stereocenters. The van der Waals surface area contributed by atoms with Gasteiger partial charge in [-0.25, -0.2) is 0 Å². The standard InChI is InChI=1S/C13H25N3O2S/c1-4-6-13(7-5-2,11(14)19)12(18)16-9-8-15-10(3)17/h4-9H2,1-3H3,(H2,14,19)(H,15,17)(H,16,18). The minimum absolute atomic E-state index is 0.114. The van der Waals surface area contributed by atoms with Crippen molar-refractivity contribution in [1.82, 2.24) is 10.6 Å². The van der Waals surface area contributed by atoms with Gasteiger partial charge in [0.1, 0.15) is 0 Å². The van der Waals surface area contributed by atoms with Crippen LogP contribution in [-0.4, -0.2) is 29.9 Å². The van der Waals surface area contributed by atoms with Crippen LogP contribution in [0.15, 0.2) is 0 Å². The van der Waals surface area contributed by atoms with Crippen LogP contribution in [0, 0.1) is 5.41 Å². The number of nitrogens with one attached hydrogen (secondary N) is 2. The molecule has 0 rings (SSSR count). The first-order valence-corrected chi connectivity index (χ1v) is 7.14. The molecular formula is C13H25N3O2S. The molecule has 110 valence electrons. The molecule has 0 aromatic rings. The predicted octanol–water partition coefficient (Wildman–Crippen LogP) is 1.11. The first kappa shape index (κ1) is 17.8. The van der Waals surface area contributed by atoms with Crippen LogP contribution in [0.3, 0.4) is 0 Å². The molecule has 0 aliphatic heterocycles. The lowest BCUT2D eigenvalue weighted by Crippen LogP contribution is -2.50. The monoisotopic (exact) mass is 287 g/mol. The summed E-state index contributed by atoms with van der Waals surface area (Å²) in [6.45, 7) is 6.25. The minimum atomic E-state index is -0.755. The molecular weight excluding hydrogens is 262 g/mol. The Kier molecular flexibility index (Phi) is 8.30. The van der Waals surface area contributed by atoms with Crippen LogP contribution in [0.2, 0.25) is 0 Å². The number of carbonyl (C=O) groups is 2. The van der Waals surface area contributed by atoms with E-state index in [2.05, 4.69) is 10.6 Å². The van der Waals surface area contributed by atoms with Crippen LogP contribution >= 0.6 is 12.2 Å². The number of carbonyl (C=O) groups excluding carboxylic acids is 2. The molecule has 4 N–H and O–H groups in total. The number of hydrogen-bond donors (Lipinski definition) is 3. The van der Waals surface area contributed by atoms with E-state index in [0.29, 0.717) is 25.9 Å². The fourth-order valence-electron chi connectivity index (χ4n) is 2.15. The molecule has 0 heterocycles. The van der Waals surface area contributed by atoms with Crippen LogP contribution in [0.1, 0.15) is 46.5 Å². The van der Waals surface area contributed by atoms with Crippen molar-refractivity contribution in [2.45, 2.75) is 46.5 Å². The Morgan fingerprint density at radius 1 is 1.11 bits per heavy atom. The van der Waals surface area contributed by atoms with Crippen molar-refractivity contribution in [2.24, 2.45) is 11.1 Å². The largest absolute Gasteiger partial charge is 0.392 e. The van der Waals surface area contributed by atoms with Crippen molar-refractivity contribution in [1.29, 1.82) is 0 Å². The maximum Gasteiger partial charge on any atom is 0.233 e. The van der Waals surface area contributed by atoms with Crippen molar-refractivity contribution in [2.75, 3.05) is 13.1 Å². The van der Waals surface area contributed by atoms with Crippen molar-refractivity contribution in [3.63, 3.8) is 0 Å². The highest BCUT2D eigenvalue weighted by Gasteiger charge is 2.39. The summed E-state index contributed by atoms with van der Waals surface area (Å²) in [6.07, 6.45) is 3.00. The smallest absolute Gasteiger partial charge is 0.233 e. The third-order valence-electron chi connectivity index (χ3n) is 3.04. The zero-order valence-corrected chi connectivity index (χ0v) is 12.9. The van der Waals surface area contributed by atoms with E-state index in [1.54, 1.807) is 0 Å². The summed E-state index contributed by atoms with van der Waals surface area (Å²) in [5, 5.41) is 5.44. The molecule has 0 aromatic carbocycles. The van der Waals surface area contributed by atoms with Crippen molar-refractivity contribution < 1.29 is 9.59 Å². The van der Waals surface area contributed by atoms with Crippen LogP contribution in [0.25, 0.3) is 0 Å². The van der Waals surface area contributed by atoms with Gasteiger partial charge in [0.25, 0.3) is 0 Å². The molecule has 0 radical (unpaired) electrons. The van der Waals surface area contributed by atoms with Crippen LogP contribution in [0.5, 0.6) is 0 Å². The summed E-state index contributed by atoms with van der Waals surface area (Å²) in [5.74, 6) is -0.244. The average Bonchev–Trinajstić information content (AvgIpc) is 2.33. The zero-order chi connectivity index (χ0) is 14.9. The van der Waals surface area contributed by atoms with E-state index < -0.39 is 5.41 Å². The summed E-state index contributed by atoms with van der Waals surface area (Å²) < 4.78 is 0.